The van der Waals surface area contributed by atoms with Gasteiger partial charge in [0.1, 0.15) is 5.82 Å². The van der Waals surface area contributed by atoms with E-state index in [1.165, 1.54) is 5.56 Å². The van der Waals surface area contributed by atoms with Crippen molar-refractivity contribution in [3.05, 3.63) is 89.1 Å². The Bertz CT molecular complexity index is 1120. The number of aromatic nitrogens is 1. The first-order valence-electron chi connectivity index (χ1n) is 11.1. The number of nitrogens with one attached hydrogen (secondary N) is 1. The fraction of sp³-hybridized carbons (Fsp3) is 0.308. The number of hydrogen-bond acceptors (Lipinski definition) is 5. The number of ether oxygens (including phenoxy) is 1. The molecule has 1 unspecified atom stereocenters. The highest BCUT2D eigenvalue weighted by Gasteiger charge is 2.48. The summed E-state index contributed by atoms with van der Waals surface area (Å²) < 4.78 is 6.55. The Morgan fingerprint density at radius 2 is 1.91 bits per heavy atom. The lowest BCUT2D eigenvalue weighted by Crippen LogP contribution is -2.43. The van der Waals surface area contributed by atoms with Crippen molar-refractivity contribution in [2.45, 2.75) is 38.0 Å². The molecule has 1 atom stereocenters. The van der Waals surface area contributed by atoms with Crippen LogP contribution in [0.25, 0.3) is 0 Å². The van der Waals surface area contributed by atoms with Crippen LogP contribution in [0.4, 0.5) is 11.5 Å². The Balaban J connectivity index is 1.31. The highest BCUT2D eigenvalue weighted by Crippen LogP contribution is 2.49. The number of pyridine rings is 1. The number of benzene rings is 2. The van der Waals surface area contributed by atoms with Gasteiger partial charge >= 0.3 is 0 Å². The van der Waals surface area contributed by atoms with E-state index < -0.39 is 11.7 Å². The Morgan fingerprint density at radius 1 is 1.16 bits per heavy atom. The van der Waals surface area contributed by atoms with Gasteiger partial charge in [-0.25, -0.2) is 4.98 Å². The predicted octanol–water partition coefficient (Wildman–Crippen LogP) is 3.86. The maximum absolute atomic E-state index is 13.1. The molecule has 2 aliphatic rings. The Hall–Kier alpha value is -3.38. The van der Waals surface area contributed by atoms with Gasteiger partial charge in [0.2, 0.25) is 0 Å². The summed E-state index contributed by atoms with van der Waals surface area (Å²) in [7, 11) is 0. The SMILES string of the molecule is Cc1ccc(CNC(=O)C2OC3(CCN(c4cc(N)ccn4)CC3)c3ccccc32)cc1. The monoisotopic (exact) mass is 428 g/mol. The minimum absolute atomic E-state index is 0.0881. The van der Waals surface area contributed by atoms with Gasteiger partial charge in [0, 0.05) is 37.6 Å². The number of rotatable bonds is 4. The number of fused-ring (bicyclic) bond motifs is 2. The average Bonchev–Trinajstić information content (AvgIpc) is 3.13. The molecule has 2 aromatic carbocycles. The van der Waals surface area contributed by atoms with Crippen LogP contribution in [-0.4, -0.2) is 24.0 Å². The Morgan fingerprint density at radius 3 is 2.66 bits per heavy atom. The summed E-state index contributed by atoms with van der Waals surface area (Å²) in [5, 5.41) is 3.07. The van der Waals surface area contributed by atoms with E-state index in [9.17, 15) is 4.79 Å². The van der Waals surface area contributed by atoms with Gasteiger partial charge < -0.3 is 20.7 Å². The molecular formula is C26H28N4O2. The van der Waals surface area contributed by atoms with Crippen molar-refractivity contribution >= 4 is 17.4 Å². The van der Waals surface area contributed by atoms with Crippen molar-refractivity contribution in [3.8, 4) is 0 Å². The summed E-state index contributed by atoms with van der Waals surface area (Å²) >= 11 is 0. The van der Waals surface area contributed by atoms with Crippen LogP contribution in [0, 0.1) is 6.92 Å². The largest absolute Gasteiger partial charge is 0.399 e. The molecule has 1 saturated heterocycles. The summed E-state index contributed by atoms with van der Waals surface area (Å²) in [5.74, 6) is 0.799. The van der Waals surface area contributed by atoms with Gasteiger partial charge in [-0.2, -0.15) is 0 Å². The number of piperidine rings is 1. The summed E-state index contributed by atoms with van der Waals surface area (Å²) in [6.45, 7) is 4.13. The molecule has 164 valence electrons. The van der Waals surface area contributed by atoms with E-state index in [2.05, 4.69) is 40.3 Å². The molecule has 0 saturated carbocycles. The summed E-state index contributed by atoms with van der Waals surface area (Å²) in [5.41, 5.74) is 10.6. The molecule has 3 heterocycles. The van der Waals surface area contributed by atoms with Crippen LogP contribution in [0.1, 0.15) is 41.2 Å². The number of nitrogen functional groups attached to an aromatic ring is 1. The maximum atomic E-state index is 13.1. The zero-order valence-corrected chi connectivity index (χ0v) is 18.3. The number of carbonyl (C=O) groups excluding carboxylic acids is 1. The molecule has 3 N–H and O–H groups in total. The molecular weight excluding hydrogens is 400 g/mol. The third-order valence-corrected chi connectivity index (χ3v) is 6.57. The number of nitrogens with two attached hydrogens (primary N) is 1. The van der Waals surface area contributed by atoms with E-state index in [-0.39, 0.29) is 5.91 Å². The molecule has 0 aliphatic carbocycles. The molecule has 0 radical (unpaired) electrons. The van der Waals surface area contributed by atoms with E-state index in [1.807, 2.05) is 36.4 Å². The number of nitrogens with zero attached hydrogens (tertiary/aromatic N) is 2. The molecule has 1 fully saturated rings. The van der Waals surface area contributed by atoms with Crippen LogP contribution >= 0.6 is 0 Å². The minimum atomic E-state index is -0.589. The first-order valence-corrected chi connectivity index (χ1v) is 11.1. The lowest BCUT2D eigenvalue weighted by molar-refractivity contribution is -0.147. The second-order valence-electron chi connectivity index (χ2n) is 8.72. The molecule has 0 bridgehead atoms. The molecule has 2 aliphatic heterocycles. The fourth-order valence-electron chi connectivity index (χ4n) is 4.77. The number of amides is 1. The first-order chi connectivity index (χ1) is 15.5. The second-order valence-corrected chi connectivity index (χ2v) is 8.72. The predicted molar refractivity (Wildman–Crippen MR) is 125 cm³/mol. The minimum Gasteiger partial charge on any atom is -0.399 e. The third-order valence-electron chi connectivity index (χ3n) is 6.57. The van der Waals surface area contributed by atoms with E-state index in [1.54, 1.807) is 12.3 Å². The molecule has 1 aromatic heterocycles. The molecule has 32 heavy (non-hydrogen) atoms. The highest BCUT2D eigenvalue weighted by molar-refractivity contribution is 5.83. The van der Waals surface area contributed by atoms with Crippen LogP contribution in [0.5, 0.6) is 0 Å². The summed E-state index contributed by atoms with van der Waals surface area (Å²) in [6.07, 6.45) is 2.74. The van der Waals surface area contributed by atoms with Gasteiger partial charge in [0.05, 0.1) is 5.60 Å². The number of anilines is 2. The Labute approximate surface area is 188 Å². The molecule has 3 aromatic rings. The van der Waals surface area contributed by atoms with E-state index in [4.69, 9.17) is 10.5 Å². The summed E-state index contributed by atoms with van der Waals surface area (Å²) in [6, 6.07) is 20.0. The van der Waals surface area contributed by atoms with Crippen molar-refractivity contribution in [2.24, 2.45) is 0 Å². The molecule has 6 nitrogen and oxygen atoms in total. The fourth-order valence-corrected chi connectivity index (χ4v) is 4.77. The molecule has 5 rings (SSSR count). The van der Waals surface area contributed by atoms with Crippen LogP contribution in [0.15, 0.2) is 66.9 Å². The van der Waals surface area contributed by atoms with Gasteiger partial charge in [-0.15, -0.1) is 0 Å². The lowest BCUT2D eigenvalue weighted by atomic mass is 9.83. The van der Waals surface area contributed by atoms with Crippen LogP contribution in [-0.2, 0) is 21.7 Å². The zero-order valence-electron chi connectivity index (χ0n) is 18.3. The van der Waals surface area contributed by atoms with Crippen LogP contribution in [0.3, 0.4) is 0 Å². The number of hydrogen-bond donors (Lipinski definition) is 2. The molecule has 6 heteroatoms. The van der Waals surface area contributed by atoms with Gasteiger partial charge in [-0.05, 0) is 42.5 Å². The van der Waals surface area contributed by atoms with Crippen LogP contribution < -0.4 is 16.0 Å². The van der Waals surface area contributed by atoms with E-state index in [0.29, 0.717) is 12.2 Å². The second kappa shape index (κ2) is 8.28. The van der Waals surface area contributed by atoms with Gasteiger partial charge in [-0.3, -0.25) is 4.79 Å². The van der Waals surface area contributed by atoms with Gasteiger partial charge in [0.15, 0.2) is 6.10 Å². The topological polar surface area (TPSA) is 80.5 Å². The maximum Gasteiger partial charge on any atom is 0.254 e. The van der Waals surface area contributed by atoms with E-state index in [0.717, 1.165) is 48.4 Å². The summed E-state index contributed by atoms with van der Waals surface area (Å²) in [4.78, 5) is 19.8. The van der Waals surface area contributed by atoms with E-state index >= 15 is 0 Å². The standard InChI is InChI=1S/C26H28N4O2/c1-18-6-8-19(9-7-18)17-29-25(31)24-21-4-2-3-5-22(21)26(32-24)11-14-30(15-12-26)23-16-20(27)10-13-28-23/h2-10,13,16,24H,11-12,14-15,17H2,1H3,(H2,27,28)(H,29,31). The number of carbonyl (C=O) groups is 1. The van der Waals surface area contributed by atoms with Crippen molar-refractivity contribution < 1.29 is 9.53 Å². The lowest BCUT2D eigenvalue weighted by Gasteiger charge is -2.40. The van der Waals surface area contributed by atoms with Crippen molar-refractivity contribution in [1.82, 2.24) is 10.3 Å². The number of aryl methyl sites for hydroxylation is 1. The van der Waals surface area contributed by atoms with Crippen molar-refractivity contribution in [1.29, 1.82) is 0 Å². The van der Waals surface area contributed by atoms with Crippen molar-refractivity contribution in [2.75, 3.05) is 23.7 Å². The van der Waals surface area contributed by atoms with Gasteiger partial charge in [0.25, 0.3) is 5.91 Å². The van der Waals surface area contributed by atoms with Crippen LogP contribution in [0.2, 0.25) is 0 Å². The average molecular weight is 429 g/mol. The highest BCUT2D eigenvalue weighted by atomic mass is 16.5. The Kier molecular flexibility index (Phi) is 5.31. The van der Waals surface area contributed by atoms with Crippen molar-refractivity contribution in [3.63, 3.8) is 0 Å². The molecule has 1 amide bonds. The third kappa shape index (κ3) is 3.82. The zero-order chi connectivity index (χ0) is 22.1. The quantitative estimate of drug-likeness (QED) is 0.660. The smallest absolute Gasteiger partial charge is 0.254 e. The first kappa shape index (κ1) is 20.5. The normalized spacial score (nSPS) is 19.0. The molecule has 1 spiro atoms. The van der Waals surface area contributed by atoms with Gasteiger partial charge in [-0.1, -0.05) is 54.1 Å².